The maximum atomic E-state index is 12.7. The summed E-state index contributed by atoms with van der Waals surface area (Å²) >= 11 is 0. The zero-order valence-corrected chi connectivity index (χ0v) is 14.1. The number of carboxylic acid groups (broad SMARTS) is 1. The Bertz CT molecular complexity index is 772. The average molecular weight is 346 g/mol. The van der Waals surface area contributed by atoms with Crippen LogP contribution in [0.4, 0.5) is 0 Å². The van der Waals surface area contributed by atoms with Gasteiger partial charge in [0.1, 0.15) is 11.0 Å². The first-order valence-electron chi connectivity index (χ1n) is 8.86. The third-order valence-electron chi connectivity index (χ3n) is 8.12. The Hall–Kier alpha value is -1.66. The number of carbonyl (C=O) groups is 2. The number of carboxylic acids is 1. The number of aliphatic carboxylic acids is 1. The largest absolute Gasteiger partial charge is 0.481 e. The van der Waals surface area contributed by atoms with Crippen molar-refractivity contribution in [3.05, 3.63) is 24.3 Å². The molecule has 6 nitrogen and oxygen atoms in total. The summed E-state index contributed by atoms with van der Waals surface area (Å²) in [6, 6.07) is 0. The highest BCUT2D eigenvalue weighted by Crippen LogP contribution is 2.77. The van der Waals surface area contributed by atoms with E-state index in [0.29, 0.717) is 31.3 Å². The molecule has 5 aliphatic rings. The molecule has 25 heavy (non-hydrogen) atoms. The van der Waals surface area contributed by atoms with E-state index in [1.807, 2.05) is 0 Å². The normalized spacial score (nSPS) is 58.0. The summed E-state index contributed by atoms with van der Waals surface area (Å²) in [5, 5.41) is 31.6. The molecule has 0 radical (unpaired) electrons. The number of aliphatic hydroxyl groups excluding tert-OH is 1. The molecule has 6 heteroatoms. The highest BCUT2D eigenvalue weighted by Gasteiger charge is 2.83. The second kappa shape index (κ2) is 4.01. The van der Waals surface area contributed by atoms with Crippen molar-refractivity contribution < 1.29 is 29.6 Å². The van der Waals surface area contributed by atoms with Crippen LogP contribution in [0.3, 0.4) is 0 Å². The van der Waals surface area contributed by atoms with E-state index >= 15 is 0 Å². The quantitative estimate of drug-likeness (QED) is 0.484. The topological polar surface area (TPSA) is 104 Å². The number of ether oxygens (including phenoxy) is 1. The number of rotatable bonds is 1. The molecule has 0 aromatic carbocycles. The van der Waals surface area contributed by atoms with Gasteiger partial charge in [-0.2, -0.15) is 0 Å². The number of carbonyl (C=O) groups excluding carboxylic acids is 1. The predicted octanol–water partition coefficient (Wildman–Crippen LogP) is 1.03. The zero-order valence-electron chi connectivity index (χ0n) is 14.1. The second-order valence-corrected chi connectivity index (χ2v) is 8.94. The Labute approximate surface area is 145 Å². The minimum Gasteiger partial charge on any atom is -0.481 e. The Balaban J connectivity index is 1.78. The van der Waals surface area contributed by atoms with Gasteiger partial charge >= 0.3 is 11.9 Å². The van der Waals surface area contributed by atoms with Crippen LogP contribution in [0.15, 0.2) is 24.3 Å². The summed E-state index contributed by atoms with van der Waals surface area (Å²) in [5.41, 5.74) is -3.29. The van der Waals surface area contributed by atoms with Crippen molar-refractivity contribution in [1.82, 2.24) is 0 Å². The molecule has 4 bridgehead atoms. The van der Waals surface area contributed by atoms with E-state index in [1.165, 1.54) is 0 Å². The number of fused-ring (bicyclic) bond motifs is 1. The summed E-state index contributed by atoms with van der Waals surface area (Å²) in [7, 11) is 0. The van der Waals surface area contributed by atoms with Gasteiger partial charge in [0.15, 0.2) is 0 Å². The lowest BCUT2D eigenvalue weighted by Crippen LogP contribution is -2.50. The van der Waals surface area contributed by atoms with Gasteiger partial charge in [-0.1, -0.05) is 12.7 Å². The highest BCUT2D eigenvalue weighted by molar-refractivity contribution is 5.86. The Morgan fingerprint density at radius 2 is 2.16 bits per heavy atom. The van der Waals surface area contributed by atoms with Crippen molar-refractivity contribution in [1.29, 1.82) is 0 Å². The van der Waals surface area contributed by atoms with Crippen molar-refractivity contribution in [2.45, 2.75) is 49.9 Å². The molecule has 1 spiro atoms. The summed E-state index contributed by atoms with van der Waals surface area (Å²) in [4.78, 5) is 25.1. The molecule has 3 unspecified atom stereocenters. The lowest BCUT2D eigenvalue weighted by molar-refractivity contribution is -0.163. The molecule has 3 saturated carbocycles. The van der Waals surface area contributed by atoms with Crippen molar-refractivity contribution in [2.24, 2.45) is 28.6 Å². The Morgan fingerprint density at radius 3 is 2.84 bits per heavy atom. The van der Waals surface area contributed by atoms with Gasteiger partial charge in [0.2, 0.25) is 0 Å². The van der Waals surface area contributed by atoms with Crippen LogP contribution < -0.4 is 0 Å². The van der Waals surface area contributed by atoms with Crippen LogP contribution in [0.5, 0.6) is 0 Å². The number of hydrogen-bond donors (Lipinski definition) is 3. The summed E-state index contributed by atoms with van der Waals surface area (Å²) in [5.74, 6) is -3.18. The van der Waals surface area contributed by atoms with Crippen LogP contribution in [0, 0.1) is 28.6 Å². The zero-order chi connectivity index (χ0) is 18.0. The van der Waals surface area contributed by atoms with E-state index in [9.17, 15) is 24.9 Å². The van der Waals surface area contributed by atoms with Crippen molar-refractivity contribution >= 4 is 11.9 Å². The van der Waals surface area contributed by atoms with Gasteiger partial charge in [-0.15, -0.1) is 0 Å². The lowest BCUT2D eigenvalue weighted by atomic mass is 9.61. The van der Waals surface area contributed by atoms with Gasteiger partial charge in [-0.3, -0.25) is 9.59 Å². The number of esters is 1. The molecule has 0 amide bonds. The first kappa shape index (κ1) is 15.6. The van der Waals surface area contributed by atoms with Crippen molar-refractivity contribution in [3.8, 4) is 0 Å². The maximum Gasteiger partial charge on any atom is 0.316 e. The molecular weight excluding hydrogens is 324 g/mol. The van der Waals surface area contributed by atoms with Crippen LogP contribution in [-0.2, 0) is 14.3 Å². The molecule has 1 heterocycles. The van der Waals surface area contributed by atoms with Crippen LogP contribution in [-0.4, -0.2) is 44.6 Å². The first-order valence-corrected chi connectivity index (χ1v) is 8.86. The van der Waals surface area contributed by atoms with E-state index in [0.717, 1.165) is 0 Å². The van der Waals surface area contributed by atoms with Gasteiger partial charge in [0.05, 0.1) is 17.6 Å². The molecule has 4 fully saturated rings. The standard InChI is InChI=1S/C19H22O6/c1-9-7-17-8-18(9,24)5-3-10(17)19-6-4-11(20)16(2,15(23)25-19)13(19)12(17)14(21)22/h4,6,10-13,20,24H,1,3,5,7-8H2,2H3,(H,21,22)/t10?,11-,12+,13?,16+,17-,18-,19?/m0/s1. The fraction of sp³-hybridized carbons (Fsp3) is 0.684. The van der Waals surface area contributed by atoms with Gasteiger partial charge in [-0.25, -0.2) is 0 Å². The van der Waals surface area contributed by atoms with E-state index in [4.69, 9.17) is 4.74 Å². The molecule has 0 aromatic rings. The maximum absolute atomic E-state index is 12.7. The Kier molecular flexibility index (Phi) is 2.50. The van der Waals surface area contributed by atoms with Gasteiger partial charge < -0.3 is 20.1 Å². The monoisotopic (exact) mass is 346 g/mol. The Morgan fingerprint density at radius 1 is 1.44 bits per heavy atom. The van der Waals surface area contributed by atoms with Gasteiger partial charge in [0, 0.05) is 11.8 Å². The van der Waals surface area contributed by atoms with Crippen molar-refractivity contribution in [2.75, 3.05) is 0 Å². The van der Waals surface area contributed by atoms with Crippen LogP contribution in [0.1, 0.15) is 32.6 Å². The van der Waals surface area contributed by atoms with E-state index in [2.05, 4.69) is 6.58 Å². The van der Waals surface area contributed by atoms with Crippen LogP contribution >= 0.6 is 0 Å². The molecule has 0 aromatic heterocycles. The smallest absolute Gasteiger partial charge is 0.316 e. The third kappa shape index (κ3) is 1.36. The van der Waals surface area contributed by atoms with Crippen molar-refractivity contribution in [3.63, 3.8) is 0 Å². The van der Waals surface area contributed by atoms with Crippen LogP contribution in [0.25, 0.3) is 0 Å². The molecule has 1 saturated heterocycles. The minimum absolute atomic E-state index is 0.180. The fourth-order valence-corrected chi connectivity index (χ4v) is 7.13. The molecule has 1 aliphatic heterocycles. The van der Waals surface area contributed by atoms with E-state index in [-0.39, 0.29) is 5.92 Å². The molecule has 3 N–H and O–H groups in total. The summed E-state index contributed by atoms with van der Waals surface area (Å²) in [6.45, 7) is 5.64. The number of aliphatic hydroxyl groups is 2. The van der Waals surface area contributed by atoms with Gasteiger partial charge in [-0.05, 0) is 49.7 Å². The molecule has 5 rings (SSSR count). The lowest BCUT2D eigenvalue weighted by Gasteiger charge is -2.44. The minimum atomic E-state index is -1.27. The first-order chi connectivity index (χ1) is 11.6. The predicted molar refractivity (Wildman–Crippen MR) is 85.2 cm³/mol. The summed E-state index contributed by atoms with van der Waals surface area (Å²) in [6.07, 6.45) is 4.11. The van der Waals surface area contributed by atoms with E-state index < -0.39 is 51.9 Å². The SMILES string of the molecule is C=C1C[C@]23C[C@@]1(O)CCC2C12C=C[C@H](O)[C@@](C)(C(=O)O1)C2[C@@H]3C(=O)O. The van der Waals surface area contributed by atoms with E-state index in [1.54, 1.807) is 19.1 Å². The molecule has 8 atom stereocenters. The van der Waals surface area contributed by atoms with Crippen LogP contribution in [0.2, 0.25) is 0 Å². The molecule has 134 valence electrons. The second-order valence-electron chi connectivity index (χ2n) is 8.94. The fourth-order valence-electron chi connectivity index (χ4n) is 7.13. The third-order valence-corrected chi connectivity index (χ3v) is 8.12. The van der Waals surface area contributed by atoms with Gasteiger partial charge in [0.25, 0.3) is 0 Å². The molecular formula is C19H22O6. The molecule has 4 aliphatic carbocycles. The summed E-state index contributed by atoms with van der Waals surface area (Å²) < 4.78 is 5.87. The average Bonchev–Trinajstić information content (AvgIpc) is 2.95. The number of hydrogen-bond acceptors (Lipinski definition) is 5. The highest BCUT2D eigenvalue weighted by atomic mass is 16.6.